The Hall–Kier alpha value is -2.03. The molecule has 0 unspecified atom stereocenters. The molecule has 0 saturated heterocycles. The number of halogens is 3. The molecular weight excluding hydrogens is 355 g/mol. The second-order valence-electron chi connectivity index (χ2n) is 6.88. The molecule has 1 aromatic rings. The van der Waals surface area contributed by atoms with Crippen molar-refractivity contribution in [3.05, 3.63) is 35.4 Å². The summed E-state index contributed by atoms with van der Waals surface area (Å²) in [4.78, 5) is 22.9. The average molecular weight is 377 g/mol. The monoisotopic (exact) mass is 377 g/mol. The van der Waals surface area contributed by atoms with E-state index in [0.717, 1.165) is 18.2 Å². The van der Waals surface area contributed by atoms with Crippen LogP contribution in [-0.4, -0.2) is 37.9 Å². The molecule has 0 radical (unpaired) electrons. The van der Waals surface area contributed by atoms with Gasteiger partial charge in [0.2, 0.25) is 0 Å². The second-order valence-corrected chi connectivity index (χ2v) is 12.5. The first-order chi connectivity index (χ1) is 11.4. The van der Waals surface area contributed by atoms with Crippen molar-refractivity contribution < 1.29 is 32.6 Å². The van der Waals surface area contributed by atoms with Crippen molar-refractivity contribution in [1.82, 2.24) is 5.32 Å². The van der Waals surface area contributed by atoms with E-state index in [4.69, 9.17) is 4.74 Å². The van der Waals surface area contributed by atoms with Crippen LogP contribution >= 0.6 is 0 Å². The van der Waals surface area contributed by atoms with Crippen LogP contribution in [0.5, 0.6) is 0 Å². The van der Waals surface area contributed by atoms with E-state index in [0.29, 0.717) is 5.56 Å². The number of aliphatic carboxylic acids is 1. The fraction of sp³-hybridized carbons (Fsp3) is 0.500. The first-order valence-corrected chi connectivity index (χ1v) is 11.4. The van der Waals surface area contributed by atoms with Gasteiger partial charge in [-0.1, -0.05) is 31.8 Å². The number of hydrogen-bond acceptors (Lipinski definition) is 3. The van der Waals surface area contributed by atoms with Gasteiger partial charge in [0.05, 0.1) is 12.2 Å². The van der Waals surface area contributed by atoms with Crippen LogP contribution in [0.2, 0.25) is 25.7 Å². The average Bonchev–Trinajstić information content (AvgIpc) is 2.44. The van der Waals surface area contributed by atoms with E-state index in [-0.39, 0.29) is 13.0 Å². The van der Waals surface area contributed by atoms with Crippen LogP contribution in [0, 0.1) is 0 Å². The van der Waals surface area contributed by atoms with E-state index in [2.05, 4.69) is 25.0 Å². The standard InChI is InChI=1S/C16H22F3NO4Si/c1-25(2,3)9-8-24-15(23)20-13(14(21)22)10-11-4-6-12(7-5-11)16(17,18)19/h4-7,13H,8-10H2,1-3H3,(H,20,23)(H,21,22)/t13-/m0/s1. The lowest BCUT2D eigenvalue weighted by Crippen LogP contribution is -2.43. The normalized spacial score (nSPS) is 13.2. The Morgan fingerprint density at radius 3 is 2.20 bits per heavy atom. The number of carboxylic acid groups (broad SMARTS) is 1. The molecule has 0 bridgehead atoms. The highest BCUT2D eigenvalue weighted by Crippen LogP contribution is 2.29. The molecule has 1 aromatic carbocycles. The Bertz CT molecular complexity index is 597. The van der Waals surface area contributed by atoms with Gasteiger partial charge < -0.3 is 15.2 Å². The van der Waals surface area contributed by atoms with Crippen molar-refractivity contribution in [2.24, 2.45) is 0 Å². The first-order valence-electron chi connectivity index (χ1n) is 7.71. The Balaban J connectivity index is 2.62. The Morgan fingerprint density at radius 1 is 1.20 bits per heavy atom. The molecule has 0 saturated carbocycles. The van der Waals surface area contributed by atoms with E-state index < -0.39 is 37.9 Å². The highest BCUT2D eigenvalue weighted by atomic mass is 28.3. The number of benzene rings is 1. The Morgan fingerprint density at radius 2 is 1.76 bits per heavy atom. The van der Waals surface area contributed by atoms with Crippen molar-refractivity contribution >= 4 is 20.1 Å². The summed E-state index contributed by atoms with van der Waals surface area (Å²) in [5.74, 6) is -1.29. The van der Waals surface area contributed by atoms with E-state index >= 15 is 0 Å². The van der Waals surface area contributed by atoms with Gasteiger partial charge in [-0.2, -0.15) is 13.2 Å². The lowest BCUT2D eigenvalue weighted by molar-refractivity contribution is -0.139. The predicted molar refractivity (Wildman–Crippen MR) is 89.2 cm³/mol. The number of alkyl carbamates (subject to hydrolysis) is 1. The molecule has 0 fully saturated rings. The van der Waals surface area contributed by atoms with Crippen molar-refractivity contribution in [1.29, 1.82) is 0 Å². The summed E-state index contributed by atoms with van der Waals surface area (Å²) in [5, 5.41) is 11.4. The largest absolute Gasteiger partial charge is 0.480 e. The summed E-state index contributed by atoms with van der Waals surface area (Å²) >= 11 is 0. The maximum absolute atomic E-state index is 12.5. The van der Waals surface area contributed by atoms with Gasteiger partial charge in [0.1, 0.15) is 6.04 Å². The quantitative estimate of drug-likeness (QED) is 0.710. The molecule has 9 heteroatoms. The fourth-order valence-electron chi connectivity index (χ4n) is 1.90. The molecule has 1 rings (SSSR count). The third-order valence-electron chi connectivity index (χ3n) is 3.40. The second kappa shape index (κ2) is 8.37. The predicted octanol–water partition coefficient (Wildman–Crippen LogP) is 3.77. The van der Waals surface area contributed by atoms with Crippen molar-refractivity contribution in [2.75, 3.05) is 6.61 Å². The first kappa shape index (κ1) is 21.0. The van der Waals surface area contributed by atoms with E-state index in [1.54, 1.807) is 0 Å². The van der Waals surface area contributed by atoms with E-state index in [1.807, 2.05) is 0 Å². The molecule has 0 aliphatic rings. The molecular formula is C16H22F3NO4Si. The molecule has 1 atom stereocenters. The summed E-state index contributed by atoms with van der Waals surface area (Å²) in [6.45, 7) is 6.53. The number of rotatable bonds is 7. The van der Waals surface area contributed by atoms with Gasteiger partial charge in [-0.15, -0.1) is 0 Å². The van der Waals surface area contributed by atoms with E-state index in [1.165, 1.54) is 12.1 Å². The fourth-order valence-corrected chi connectivity index (χ4v) is 2.61. The number of alkyl halides is 3. The van der Waals surface area contributed by atoms with Crippen molar-refractivity contribution in [2.45, 2.75) is 44.3 Å². The van der Waals surface area contributed by atoms with Gasteiger partial charge in [-0.3, -0.25) is 0 Å². The lowest BCUT2D eigenvalue weighted by atomic mass is 10.0. The molecule has 5 nitrogen and oxygen atoms in total. The minimum Gasteiger partial charge on any atom is -0.480 e. The van der Waals surface area contributed by atoms with E-state index in [9.17, 15) is 27.9 Å². The van der Waals surface area contributed by atoms with Crippen molar-refractivity contribution in [3.8, 4) is 0 Å². The molecule has 2 N–H and O–H groups in total. The molecule has 0 aromatic heterocycles. The van der Waals surface area contributed by atoms with Crippen LogP contribution in [0.15, 0.2) is 24.3 Å². The summed E-state index contributed by atoms with van der Waals surface area (Å²) in [6, 6.07) is 3.60. The SMILES string of the molecule is C[Si](C)(C)CCOC(=O)N[C@@H](Cc1ccc(C(F)(F)F)cc1)C(=O)O. The van der Waals surface area contributed by atoms with Gasteiger partial charge in [0, 0.05) is 14.5 Å². The Kier molecular flexibility index (Phi) is 7.03. The van der Waals surface area contributed by atoms with Gasteiger partial charge in [-0.25, -0.2) is 9.59 Å². The van der Waals surface area contributed by atoms with Crippen LogP contribution in [0.4, 0.5) is 18.0 Å². The Labute approximate surface area is 145 Å². The zero-order valence-corrected chi connectivity index (χ0v) is 15.3. The van der Waals surface area contributed by atoms with Gasteiger partial charge in [0.15, 0.2) is 0 Å². The summed E-state index contributed by atoms with van der Waals surface area (Å²) in [7, 11) is -1.38. The number of carboxylic acids is 1. The zero-order chi connectivity index (χ0) is 19.3. The van der Waals surface area contributed by atoms with Crippen molar-refractivity contribution in [3.63, 3.8) is 0 Å². The van der Waals surface area contributed by atoms with Gasteiger partial charge in [0.25, 0.3) is 0 Å². The molecule has 140 valence electrons. The molecule has 25 heavy (non-hydrogen) atoms. The summed E-state index contributed by atoms with van der Waals surface area (Å²) in [6.07, 6.45) is -5.45. The summed E-state index contributed by atoms with van der Waals surface area (Å²) in [5.41, 5.74) is -0.454. The topological polar surface area (TPSA) is 75.6 Å². The highest BCUT2D eigenvalue weighted by molar-refractivity contribution is 6.76. The number of nitrogens with one attached hydrogen (secondary N) is 1. The molecule has 0 spiro atoms. The molecule has 0 aliphatic carbocycles. The maximum atomic E-state index is 12.5. The maximum Gasteiger partial charge on any atom is 0.416 e. The third kappa shape index (κ3) is 8.06. The minimum atomic E-state index is -4.46. The highest BCUT2D eigenvalue weighted by Gasteiger charge is 2.30. The number of amides is 1. The van der Waals surface area contributed by atoms with Crippen LogP contribution in [-0.2, 0) is 22.1 Å². The molecule has 0 aliphatic heterocycles. The number of hydrogen-bond donors (Lipinski definition) is 2. The number of carbonyl (C=O) groups excluding carboxylic acids is 1. The van der Waals surface area contributed by atoms with Gasteiger partial charge in [-0.05, 0) is 23.7 Å². The zero-order valence-electron chi connectivity index (χ0n) is 14.3. The van der Waals surface area contributed by atoms with Crippen LogP contribution in [0.3, 0.4) is 0 Å². The van der Waals surface area contributed by atoms with Crippen LogP contribution in [0.25, 0.3) is 0 Å². The third-order valence-corrected chi connectivity index (χ3v) is 5.10. The lowest BCUT2D eigenvalue weighted by Gasteiger charge is -2.18. The van der Waals surface area contributed by atoms with Gasteiger partial charge >= 0.3 is 18.2 Å². The van der Waals surface area contributed by atoms with Crippen LogP contribution in [0.1, 0.15) is 11.1 Å². The minimum absolute atomic E-state index is 0.142. The van der Waals surface area contributed by atoms with Crippen LogP contribution < -0.4 is 5.32 Å². The number of ether oxygens (including phenoxy) is 1. The summed E-state index contributed by atoms with van der Waals surface area (Å²) < 4.78 is 42.5. The smallest absolute Gasteiger partial charge is 0.416 e. The molecule has 1 amide bonds. The molecule has 0 heterocycles. The number of carbonyl (C=O) groups is 2.